The highest BCUT2D eigenvalue weighted by molar-refractivity contribution is 5.75. The van der Waals surface area contributed by atoms with Crippen LogP contribution in [0.1, 0.15) is 85.3 Å². The maximum Gasteiger partial charge on any atom is 0.303 e. The number of hydrogen-bond donors (Lipinski definition) is 3. The van der Waals surface area contributed by atoms with E-state index < -0.39 is 12.3 Å². The zero-order chi connectivity index (χ0) is 29.9. The first-order valence-electron chi connectivity index (χ1n) is 14.7. The van der Waals surface area contributed by atoms with Crippen LogP contribution < -0.4 is 5.32 Å². The third kappa shape index (κ3) is 9.22. The lowest BCUT2D eigenvalue weighted by Crippen LogP contribution is -2.38. The second-order valence-electron chi connectivity index (χ2n) is 11.0. The molecule has 0 unspecified atom stereocenters. The number of carboxylic acids is 1. The van der Waals surface area contributed by atoms with E-state index in [-0.39, 0.29) is 37.2 Å². The number of aliphatic hydroxyl groups is 1. The minimum Gasteiger partial charge on any atom is -0.481 e. The first-order valence-corrected chi connectivity index (χ1v) is 14.7. The van der Waals surface area contributed by atoms with Gasteiger partial charge < -0.3 is 25.0 Å². The van der Waals surface area contributed by atoms with Gasteiger partial charge in [0.1, 0.15) is 0 Å². The molecule has 8 nitrogen and oxygen atoms in total. The zero-order valence-electron chi connectivity index (χ0n) is 24.4. The number of likely N-dealkylation sites (N-methyl/N-ethyl adjacent to an activating group) is 1. The van der Waals surface area contributed by atoms with Crippen LogP contribution in [-0.4, -0.2) is 46.7 Å². The number of unbranched alkanes of at least 4 members (excludes halogenated alkanes) is 1. The Kier molecular flexibility index (Phi) is 11.7. The molecule has 1 saturated heterocycles. The number of nitrogens with one attached hydrogen (secondary N) is 1. The van der Waals surface area contributed by atoms with Crippen LogP contribution >= 0.6 is 0 Å². The van der Waals surface area contributed by atoms with E-state index in [1.54, 1.807) is 0 Å². The lowest BCUT2D eigenvalue weighted by atomic mass is 9.99. The van der Waals surface area contributed by atoms with Crippen molar-refractivity contribution in [2.24, 2.45) is 0 Å². The molecule has 42 heavy (non-hydrogen) atoms. The van der Waals surface area contributed by atoms with E-state index in [4.69, 9.17) is 14.6 Å². The van der Waals surface area contributed by atoms with Crippen LogP contribution in [0.3, 0.4) is 0 Å². The van der Waals surface area contributed by atoms with Crippen molar-refractivity contribution in [3.8, 4) is 0 Å². The monoisotopic (exact) mass is 574 g/mol. The van der Waals surface area contributed by atoms with Crippen molar-refractivity contribution in [3.63, 3.8) is 0 Å². The molecule has 3 N–H and O–H groups in total. The number of amides is 1. The largest absolute Gasteiger partial charge is 0.481 e. The molecule has 4 rings (SSSR count). The van der Waals surface area contributed by atoms with Crippen molar-refractivity contribution in [1.82, 2.24) is 10.2 Å². The van der Waals surface area contributed by atoms with Crippen LogP contribution in [0.15, 0.2) is 78.9 Å². The summed E-state index contributed by atoms with van der Waals surface area (Å²) in [7, 11) is 2.12. The summed E-state index contributed by atoms with van der Waals surface area (Å²) < 4.78 is 13.0. The van der Waals surface area contributed by atoms with Crippen molar-refractivity contribution in [1.29, 1.82) is 0 Å². The highest BCUT2D eigenvalue weighted by Crippen LogP contribution is 2.38. The number of nitrogens with zero attached hydrogens (tertiary/aromatic N) is 1. The fraction of sp³-hybridized carbons (Fsp3) is 0.412. The molecule has 1 fully saturated rings. The summed E-state index contributed by atoms with van der Waals surface area (Å²) in [6.07, 6.45) is 1.36. The van der Waals surface area contributed by atoms with Crippen molar-refractivity contribution >= 4 is 11.9 Å². The van der Waals surface area contributed by atoms with Crippen molar-refractivity contribution in [3.05, 3.63) is 107 Å². The van der Waals surface area contributed by atoms with E-state index >= 15 is 0 Å². The summed E-state index contributed by atoms with van der Waals surface area (Å²) >= 11 is 0. The molecule has 8 heteroatoms. The summed E-state index contributed by atoms with van der Waals surface area (Å²) in [5.41, 5.74) is 5.02. The predicted molar refractivity (Wildman–Crippen MR) is 160 cm³/mol. The number of benzene rings is 3. The van der Waals surface area contributed by atoms with Gasteiger partial charge >= 0.3 is 5.97 Å². The minimum atomic E-state index is -0.840. The van der Waals surface area contributed by atoms with Crippen LogP contribution in [0, 0.1) is 0 Å². The number of ether oxygens (including phenoxy) is 2. The van der Waals surface area contributed by atoms with Gasteiger partial charge in [-0.3, -0.25) is 14.5 Å². The fourth-order valence-corrected chi connectivity index (χ4v) is 5.14. The van der Waals surface area contributed by atoms with Crippen molar-refractivity contribution < 1.29 is 29.3 Å². The molecule has 1 aliphatic rings. The third-order valence-corrected chi connectivity index (χ3v) is 7.84. The number of rotatable bonds is 14. The van der Waals surface area contributed by atoms with Gasteiger partial charge in [0.05, 0.1) is 18.8 Å². The van der Waals surface area contributed by atoms with Crippen LogP contribution in [0.5, 0.6) is 0 Å². The standard InChI is InChI=1S/C34H42N2O6/c1-24(27-8-4-3-5-9-27)36(2)22-30-20-31(28-16-14-26(23-37)15-17-28)42-34(41-30)29-18-12-25(13-19-29)21-35-32(38)10-6-7-11-33(39)40/h3-5,8-9,12-19,24,30-31,34,37H,6-7,10-11,20-23H2,1-2H3,(H,35,38)(H,39,40)/t24-,30+,31-,34-/m0/s1. The number of hydrogen-bond acceptors (Lipinski definition) is 6. The topological polar surface area (TPSA) is 108 Å². The average Bonchev–Trinajstić information content (AvgIpc) is 3.02. The van der Waals surface area contributed by atoms with Gasteiger partial charge in [-0.15, -0.1) is 0 Å². The Morgan fingerprint density at radius 2 is 1.55 bits per heavy atom. The van der Waals surface area contributed by atoms with Crippen LogP contribution in [0.2, 0.25) is 0 Å². The smallest absolute Gasteiger partial charge is 0.303 e. The summed E-state index contributed by atoms with van der Waals surface area (Å²) in [6.45, 7) is 3.33. The Labute approximate surface area is 248 Å². The van der Waals surface area contributed by atoms with Gasteiger partial charge in [-0.25, -0.2) is 0 Å². The third-order valence-electron chi connectivity index (χ3n) is 7.84. The Morgan fingerprint density at radius 3 is 2.21 bits per heavy atom. The summed E-state index contributed by atoms with van der Waals surface area (Å²) in [4.78, 5) is 25.1. The summed E-state index contributed by atoms with van der Waals surface area (Å²) in [6, 6.07) is 26.4. The Morgan fingerprint density at radius 1 is 0.905 bits per heavy atom. The van der Waals surface area contributed by atoms with E-state index in [1.165, 1.54) is 5.56 Å². The molecule has 0 aromatic heterocycles. The number of aliphatic hydroxyl groups excluding tert-OH is 1. The van der Waals surface area contributed by atoms with Crippen molar-refractivity contribution in [2.45, 2.75) is 76.7 Å². The van der Waals surface area contributed by atoms with E-state index in [0.29, 0.717) is 32.2 Å². The normalized spacial score (nSPS) is 19.4. The lowest BCUT2D eigenvalue weighted by Gasteiger charge is -2.39. The summed E-state index contributed by atoms with van der Waals surface area (Å²) in [5.74, 6) is -0.928. The van der Waals surface area contributed by atoms with Gasteiger partial charge in [-0.2, -0.15) is 0 Å². The SMILES string of the molecule is C[C@@H](c1ccccc1)N(C)C[C@H]1C[C@@H](c2ccc(CO)cc2)O[C@@H](c2ccc(CNC(=O)CCCCC(=O)O)cc2)O1. The molecule has 3 aromatic rings. The van der Waals surface area contributed by atoms with E-state index in [1.807, 2.05) is 54.6 Å². The maximum atomic E-state index is 12.1. The first kappa shape index (κ1) is 31.4. The maximum absolute atomic E-state index is 12.1. The molecule has 1 heterocycles. The Balaban J connectivity index is 1.41. The molecule has 0 bridgehead atoms. The van der Waals surface area contributed by atoms with Gasteiger partial charge in [0.25, 0.3) is 0 Å². The lowest BCUT2D eigenvalue weighted by molar-refractivity contribution is -0.253. The molecular formula is C34H42N2O6. The number of carbonyl (C=O) groups is 2. The highest BCUT2D eigenvalue weighted by Gasteiger charge is 2.33. The van der Waals surface area contributed by atoms with E-state index in [9.17, 15) is 14.7 Å². The molecule has 1 amide bonds. The Hall–Kier alpha value is -3.56. The van der Waals surface area contributed by atoms with E-state index in [2.05, 4.69) is 48.5 Å². The molecular weight excluding hydrogens is 532 g/mol. The van der Waals surface area contributed by atoms with Crippen molar-refractivity contribution in [2.75, 3.05) is 13.6 Å². The predicted octanol–water partition coefficient (Wildman–Crippen LogP) is 5.68. The molecule has 0 radical (unpaired) electrons. The van der Waals surface area contributed by atoms with E-state index in [0.717, 1.165) is 28.8 Å². The van der Waals surface area contributed by atoms with Gasteiger partial charge in [-0.05, 0) is 49.1 Å². The Bertz CT molecular complexity index is 1270. The average molecular weight is 575 g/mol. The highest BCUT2D eigenvalue weighted by atomic mass is 16.7. The quantitative estimate of drug-likeness (QED) is 0.213. The molecule has 3 aromatic carbocycles. The van der Waals surface area contributed by atoms with Gasteiger partial charge in [0, 0.05) is 44.0 Å². The molecule has 0 saturated carbocycles. The van der Waals surface area contributed by atoms with Gasteiger partial charge in [0.15, 0.2) is 6.29 Å². The summed E-state index contributed by atoms with van der Waals surface area (Å²) in [5, 5.41) is 21.1. The number of carboxylic acid groups (broad SMARTS) is 1. The second-order valence-corrected chi connectivity index (χ2v) is 11.0. The molecule has 0 aliphatic carbocycles. The van der Waals surface area contributed by atoms with Crippen LogP contribution in [0.25, 0.3) is 0 Å². The minimum absolute atomic E-state index is 0.000139. The second kappa shape index (κ2) is 15.6. The van der Waals surface area contributed by atoms with Gasteiger partial charge in [-0.1, -0.05) is 78.9 Å². The first-order chi connectivity index (χ1) is 20.3. The number of aliphatic carboxylic acids is 1. The fourth-order valence-electron chi connectivity index (χ4n) is 5.14. The molecule has 0 spiro atoms. The number of carbonyl (C=O) groups excluding carboxylic acids is 1. The zero-order valence-corrected chi connectivity index (χ0v) is 24.4. The van der Waals surface area contributed by atoms with Gasteiger partial charge in [0.2, 0.25) is 5.91 Å². The molecule has 1 aliphatic heterocycles. The van der Waals surface area contributed by atoms with Crippen LogP contribution in [-0.2, 0) is 32.2 Å². The molecule has 4 atom stereocenters. The molecule has 224 valence electrons. The van der Waals surface area contributed by atoms with Crippen LogP contribution in [0.4, 0.5) is 0 Å².